The predicted octanol–water partition coefficient (Wildman–Crippen LogP) is 14.1. The molecule has 2 aromatic heterocycles. The highest BCUT2D eigenvalue weighted by atomic mass is 15.0. The van der Waals surface area contributed by atoms with Gasteiger partial charge in [-0.25, -0.2) is 0 Å². The molecule has 7 aromatic rings. The van der Waals surface area contributed by atoms with Crippen molar-refractivity contribution < 1.29 is 0 Å². The van der Waals surface area contributed by atoms with E-state index in [1.165, 1.54) is 94.8 Å². The number of nitrogens with one attached hydrogen (secondary N) is 1. The lowest BCUT2D eigenvalue weighted by atomic mass is 9.79. The van der Waals surface area contributed by atoms with Gasteiger partial charge in [-0.3, -0.25) is 0 Å². The number of hydrogen-bond donors (Lipinski definition) is 1. The van der Waals surface area contributed by atoms with Crippen molar-refractivity contribution in [2.75, 3.05) is 0 Å². The van der Waals surface area contributed by atoms with Gasteiger partial charge in [0.1, 0.15) is 0 Å². The lowest BCUT2D eigenvalue weighted by molar-refractivity contribution is 0.525. The van der Waals surface area contributed by atoms with Crippen LogP contribution in [0.25, 0.3) is 62.2 Å². The van der Waals surface area contributed by atoms with Gasteiger partial charge in [0.15, 0.2) is 0 Å². The SMILES string of the molecule is C1=CCC(C2C=C(C3=CC(C4C=Cc5c(c6c(n5-c5cccc(-c7cccc8c7c7ccccc7n8-c7ccccc7)c5)C=CCC6)C4)=CCC3)C=C(c3ccccc3)N2)C=C1. The van der Waals surface area contributed by atoms with E-state index in [4.69, 9.17) is 0 Å². The van der Waals surface area contributed by atoms with Crippen LogP contribution in [0.3, 0.4) is 0 Å². The van der Waals surface area contributed by atoms with Gasteiger partial charge in [0.25, 0.3) is 0 Å². The number of rotatable bonds is 7. The van der Waals surface area contributed by atoms with Gasteiger partial charge in [0.2, 0.25) is 0 Å². The molecule has 3 unspecified atom stereocenters. The summed E-state index contributed by atoms with van der Waals surface area (Å²) in [6.45, 7) is 0. The van der Waals surface area contributed by atoms with E-state index in [2.05, 4.69) is 215 Å². The zero-order valence-electron chi connectivity index (χ0n) is 34.9. The summed E-state index contributed by atoms with van der Waals surface area (Å²) < 4.78 is 4.96. The van der Waals surface area contributed by atoms with Gasteiger partial charge in [-0.15, -0.1) is 0 Å². The first kappa shape index (κ1) is 36.7. The summed E-state index contributed by atoms with van der Waals surface area (Å²) in [5.74, 6) is 0.776. The quantitative estimate of drug-likeness (QED) is 0.170. The second-order valence-electron chi connectivity index (χ2n) is 17.5. The Labute approximate surface area is 364 Å². The molecule has 0 fully saturated rings. The molecule has 0 saturated heterocycles. The topological polar surface area (TPSA) is 21.9 Å². The first-order valence-electron chi connectivity index (χ1n) is 22.5. The van der Waals surface area contributed by atoms with Gasteiger partial charge in [-0.1, -0.05) is 146 Å². The number of aromatic nitrogens is 2. The molecule has 3 atom stereocenters. The zero-order chi connectivity index (χ0) is 41.0. The van der Waals surface area contributed by atoms with Crippen LogP contribution in [0.1, 0.15) is 53.8 Å². The fourth-order valence-electron chi connectivity index (χ4n) is 10.9. The Bertz CT molecular complexity index is 3150. The fraction of sp³-hybridized carbons (Fsp3) is 0.153. The molecular weight excluding hydrogens is 751 g/mol. The molecule has 0 amide bonds. The summed E-state index contributed by atoms with van der Waals surface area (Å²) in [4.78, 5) is 0. The van der Waals surface area contributed by atoms with Crippen LogP contribution in [0.2, 0.25) is 0 Å². The Kier molecular flexibility index (Phi) is 9.13. The third kappa shape index (κ3) is 6.34. The largest absolute Gasteiger partial charge is 0.378 e. The first-order valence-corrected chi connectivity index (χ1v) is 22.5. The van der Waals surface area contributed by atoms with Crippen molar-refractivity contribution in [3.63, 3.8) is 0 Å². The number of allylic oxidation sites excluding steroid dienone is 11. The molecule has 3 heteroatoms. The molecule has 3 heterocycles. The molecule has 300 valence electrons. The Hall–Kier alpha value is -7.10. The molecule has 1 N–H and O–H groups in total. The Morgan fingerprint density at radius 3 is 2.27 bits per heavy atom. The molecule has 12 rings (SSSR count). The van der Waals surface area contributed by atoms with Crippen LogP contribution in [0.4, 0.5) is 0 Å². The van der Waals surface area contributed by atoms with Gasteiger partial charge in [-0.05, 0) is 138 Å². The van der Waals surface area contributed by atoms with Gasteiger partial charge < -0.3 is 14.5 Å². The molecule has 0 spiro atoms. The number of hydrogen-bond acceptors (Lipinski definition) is 1. The van der Waals surface area contributed by atoms with E-state index in [0.29, 0.717) is 11.8 Å². The molecule has 5 aromatic carbocycles. The summed E-state index contributed by atoms with van der Waals surface area (Å²) in [6.07, 6.45) is 35.1. The minimum Gasteiger partial charge on any atom is -0.378 e. The Morgan fingerprint density at radius 2 is 1.39 bits per heavy atom. The van der Waals surface area contributed by atoms with Crippen LogP contribution in [0.15, 0.2) is 205 Å². The van der Waals surface area contributed by atoms with Crippen LogP contribution < -0.4 is 5.32 Å². The van der Waals surface area contributed by atoms with Crippen LogP contribution in [0.5, 0.6) is 0 Å². The Balaban J connectivity index is 0.902. The van der Waals surface area contributed by atoms with Gasteiger partial charge in [0, 0.05) is 51.1 Å². The van der Waals surface area contributed by atoms with E-state index in [-0.39, 0.29) is 6.04 Å². The molecule has 0 bridgehead atoms. The fourth-order valence-corrected chi connectivity index (χ4v) is 10.9. The van der Waals surface area contributed by atoms with Crippen molar-refractivity contribution in [1.29, 1.82) is 0 Å². The van der Waals surface area contributed by atoms with E-state index in [1.54, 1.807) is 0 Å². The van der Waals surface area contributed by atoms with Crippen molar-refractivity contribution in [3.05, 3.63) is 233 Å². The van der Waals surface area contributed by atoms with Crippen molar-refractivity contribution in [2.45, 2.75) is 44.6 Å². The van der Waals surface area contributed by atoms with Gasteiger partial charge in [-0.2, -0.15) is 0 Å². The maximum atomic E-state index is 3.91. The highest BCUT2D eigenvalue weighted by Crippen LogP contribution is 2.43. The molecule has 62 heavy (non-hydrogen) atoms. The van der Waals surface area contributed by atoms with Crippen molar-refractivity contribution in [2.24, 2.45) is 11.8 Å². The molecule has 3 nitrogen and oxygen atoms in total. The van der Waals surface area contributed by atoms with Crippen LogP contribution >= 0.6 is 0 Å². The lowest BCUT2D eigenvalue weighted by Crippen LogP contribution is -2.35. The van der Waals surface area contributed by atoms with Crippen LogP contribution in [-0.2, 0) is 12.8 Å². The van der Waals surface area contributed by atoms with Crippen LogP contribution in [-0.4, -0.2) is 15.2 Å². The third-order valence-corrected chi connectivity index (χ3v) is 13.8. The molecule has 0 saturated carbocycles. The van der Waals surface area contributed by atoms with E-state index < -0.39 is 0 Å². The average molecular weight is 800 g/mol. The second-order valence-corrected chi connectivity index (χ2v) is 17.5. The third-order valence-electron chi connectivity index (χ3n) is 13.8. The predicted molar refractivity (Wildman–Crippen MR) is 260 cm³/mol. The molecule has 4 aliphatic carbocycles. The minimum absolute atomic E-state index is 0.249. The van der Waals surface area contributed by atoms with E-state index >= 15 is 0 Å². The summed E-state index contributed by atoms with van der Waals surface area (Å²) in [7, 11) is 0. The number of nitrogens with zero attached hydrogens (tertiary/aromatic N) is 2. The molecule has 1 aliphatic heterocycles. The van der Waals surface area contributed by atoms with Crippen LogP contribution in [0, 0.1) is 11.8 Å². The maximum Gasteiger partial charge on any atom is 0.0547 e. The number of para-hydroxylation sites is 2. The van der Waals surface area contributed by atoms with Gasteiger partial charge >= 0.3 is 0 Å². The van der Waals surface area contributed by atoms with Crippen molar-refractivity contribution in [1.82, 2.24) is 14.5 Å². The smallest absolute Gasteiger partial charge is 0.0547 e. The highest BCUT2D eigenvalue weighted by Gasteiger charge is 2.30. The van der Waals surface area contributed by atoms with Gasteiger partial charge in [0.05, 0.1) is 17.1 Å². The monoisotopic (exact) mass is 799 g/mol. The van der Waals surface area contributed by atoms with Crippen molar-refractivity contribution >= 4 is 39.7 Å². The molecule has 5 aliphatic rings. The number of fused-ring (bicyclic) bond motifs is 6. The molecular formula is C59H49N3. The zero-order valence-corrected chi connectivity index (χ0v) is 34.9. The summed E-state index contributed by atoms with van der Waals surface area (Å²) >= 11 is 0. The average Bonchev–Trinajstić information content (AvgIpc) is 3.87. The summed E-state index contributed by atoms with van der Waals surface area (Å²) in [5, 5.41) is 6.48. The standard InChI is InChI=1S/C59H49N3/c1-4-17-40(18-5-1)53-38-46(39-54(60-53)41-19-6-2-7-20-41)43-22-14-21-42(35-43)44-33-34-57-52(37-44)50-27-10-12-30-55(50)62(57)48-26-15-23-45(36-48)49-29-16-32-58-59(49)51-28-11-13-31-56(51)61(58)47-24-8-3-9-25-47/h1-9,11-13,15-19,21,23-26,28-36,38-39,41,44,54,60H,10,14,20,22,27,37H2. The maximum absolute atomic E-state index is 3.91. The number of dihydropyridines is 1. The number of benzene rings is 5. The van der Waals surface area contributed by atoms with Crippen molar-refractivity contribution in [3.8, 4) is 22.5 Å². The first-order chi connectivity index (χ1) is 30.7. The van der Waals surface area contributed by atoms with E-state index in [0.717, 1.165) is 38.5 Å². The van der Waals surface area contributed by atoms with E-state index in [9.17, 15) is 0 Å². The highest BCUT2D eigenvalue weighted by molar-refractivity contribution is 6.15. The summed E-state index contributed by atoms with van der Waals surface area (Å²) in [6, 6.07) is 46.7. The minimum atomic E-state index is 0.249. The Morgan fingerprint density at radius 1 is 0.597 bits per heavy atom. The molecule has 0 radical (unpaired) electrons. The normalized spacial score (nSPS) is 20.3. The van der Waals surface area contributed by atoms with E-state index in [1.807, 2.05) is 0 Å². The summed E-state index contributed by atoms with van der Waals surface area (Å²) in [5.41, 5.74) is 19.8. The second kappa shape index (κ2) is 15.4. The lowest BCUT2D eigenvalue weighted by Gasteiger charge is -2.31.